The Morgan fingerprint density at radius 2 is 1.80 bits per heavy atom. The zero-order chi connectivity index (χ0) is 14.6. The molecule has 0 fully saturated rings. The molecule has 0 radical (unpaired) electrons. The lowest BCUT2D eigenvalue weighted by Gasteiger charge is -2.21. The monoisotopic (exact) mass is 339 g/mol. The van der Waals surface area contributed by atoms with Crippen molar-refractivity contribution in [3.8, 4) is 0 Å². The van der Waals surface area contributed by atoms with Gasteiger partial charge in [-0.1, -0.05) is 58.4 Å². The molecule has 0 heterocycles. The third kappa shape index (κ3) is 3.87. The lowest BCUT2D eigenvalue weighted by Crippen LogP contribution is -2.32. The van der Waals surface area contributed by atoms with Gasteiger partial charge in [0.25, 0.3) is 5.92 Å². The maximum atomic E-state index is 14.0. The predicted octanol–water partition coefficient (Wildman–Crippen LogP) is 4.89. The highest BCUT2D eigenvalue weighted by atomic mass is 79.9. The molecule has 0 aliphatic carbocycles. The third-order valence-corrected chi connectivity index (χ3v) is 3.67. The van der Waals surface area contributed by atoms with Crippen molar-refractivity contribution in [2.75, 3.05) is 6.54 Å². The molecule has 0 aliphatic heterocycles. The molecule has 2 aromatic carbocycles. The fourth-order valence-electron chi connectivity index (χ4n) is 1.96. The SMILES string of the molecule is CC(NCC(F)(F)c1ccccc1)c1cccc(Br)c1. The zero-order valence-electron chi connectivity index (χ0n) is 11.1. The Kier molecular flexibility index (Phi) is 4.89. The van der Waals surface area contributed by atoms with Crippen molar-refractivity contribution in [3.63, 3.8) is 0 Å². The molecule has 0 bridgehead atoms. The van der Waals surface area contributed by atoms with Gasteiger partial charge in [0.05, 0.1) is 6.54 Å². The predicted molar refractivity (Wildman–Crippen MR) is 80.9 cm³/mol. The van der Waals surface area contributed by atoms with Gasteiger partial charge in [-0.15, -0.1) is 0 Å². The van der Waals surface area contributed by atoms with E-state index in [1.165, 1.54) is 12.1 Å². The maximum absolute atomic E-state index is 14.0. The summed E-state index contributed by atoms with van der Waals surface area (Å²) >= 11 is 3.38. The van der Waals surface area contributed by atoms with Gasteiger partial charge < -0.3 is 5.32 Å². The number of rotatable bonds is 5. The van der Waals surface area contributed by atoms with Crippen LogP contribution in [-0.4, -0.2) is 6.54 Å². The van der Waals surface area contributed by atoms with E-state index in [1.54, 1.807) is 18.2 Å². The number of alkyl halides is 2. The van der Waals surface area contributed by atoms with E-state index in [2.05, 4.69) is 21.2 Å². The van der Waals surface area contributed by atoms with E-state index in [9.17, 15) is 8.78 Å². The number of nitrogens with one attached hydrogen (secondary N) is 1. The van der Waals surface area contributed by atoms with Crippen molar-refractivity contribution in [1.82, 2.24) is 5.32 Å². The fraction of sp³-hybridized carbons (Fsp3) is 0.250. The second-order valence-electron chi connectivity index (χ2n) is 4.73. The molecule has 106 valence electrons. The van der Waals surface area contributed by atoms with E-state index in [0.29, 0.717) is 0 Å². The Hall–Kier alpha value is -1.26. The van der Waals surface area contributed by atoms with Gasteiger partial charge in [-0.05, 0) is 24.6 Å². The highest BCUT2D eigenvalue weighted by molar-refractivity contribution is 9.10. The second-order valence-corrected chi connectivity index (χ2v) is 5.64. The van der Waals surface area contributed by atoms with Gasteiger partial charge >= 0.3 is 0 Å². The number of hydrogen-bond donors (Lipinski definition) is 1. The quantitative estimate of drug-likeness (QED) is 0.817. The van der Waals surface area contributed by atoms with Gasteiger partial charge in [0.15, 0.2) is 0 Å². The lowest BCUT2D eigenvalue weighted by molar-refractivity contribution is -0.00534. The smallest absolute Gasteiger partial charge is 0.285 e. The minimum Gasteiger partial charge on any atom is -0.304 e. The third-order valence-electron chi connectivity index (χ3n) is 3.18. The molecule has 0 saturated carbocycles. The molecule has 0 saturated heterocycles. The number of hydrogen-bond acceptors (Lipinski definition) is 1. The maximum Gasteiger partial charge on any atom is 0.285 e. The van der Waals surface area contributed by atoms with Crippen LogP contribution in [0.15, 0.2) is 59.1 Å². The van der Waals surface area contributed by atoms with Crippen molar-refractivity contribution in [3.05, 3.63) is 70.2 Å². The Balaban J connectivity index is 2.01. The minimum absolute atomic E-state index is 0.0361. The normalized spacial score (nSPS) is 13.2. The summed E-state index contributed by atoms with van der Waals surface area (Å²) in [6, 6.07) is 15.4. The molecule has 1 nitrogen and oxygen atoms in total. The van der Waals surface area contributed by atoms with Crippen LogP contribution in [0, 0.1) is 0 Å². The average Bonchev–Trinajstić information content (AvgIpc) is 2.46. The molecular weight excluding hydrogens is 324 g/mol. The molecule has 0 amide bonds. The largest absolute Gasteiger partial charge is 0.304 e. The van der Waals surface area contributed by atoms with Crippen molar-refractivity contribution in [1.29, 1.82) is 0 Å². The van der Waals surface area contributed by atoms with E-state index >= 15 is 0 Å². The van der Waals surface area contributed by atoms with Gasteiger partial charge in [-0.25, -0.2) is 0 Å². The van der Waals surface area contributed by atoms with E-state index in [-0.39, 0.29) is 18.2 Å². The van der Waals surface area contributed by atoms with E-state index < -0.39 is 5.92 Å². The molecule has 20 heavy (non-hydrogen) atoms. The Bertz CT molecular complexity index is 557. The zero-order valence-corrected chi connectivity index (χ0v) is 12.7. The van der Waals surface area contributed by atoms with Crippen molar-refractivity contribution >= 4 is 15.9 Å². The summed E-state index contributed by atoms with van der Waals surface area (Å²) in [7, 11) is 0. The molecule has 1 unspecified atom stereocenters. The van der Waals surface area contributed by atoms with Gasteiger partial charge in [0, 0.05) is 16.1 Å². The van der Waals surface area contributed by atoms with Crippen LogP contribution < -0.4 is 5.32 Å². The minimum atomic E-state index is -2.87. The summed E-state index contributed by atoms with van der Waals surface area (Å²) in [5.74, 6) is -2.87. The van der Waals surface area contributed by atoms with Crippen LogP contribution in [0.25, 0.3) is 0 Å². The first-order valence-corrected chi connectivity index (χ1v) is 7.20. The van der Waals surface area contributed by atoms with Crippen molar-refractivity contribution in [2.45, 2.75) is 18.9 Å². The fourth-order valence-corrected chi connectivity index (χ4v) is 2.38. The van der Waals surface area contributed by atoms with Crippen LogP contribution in [0.4, 0.5) is 8.78 Å². The Morgan fingerprint density at radius 1 is 1.10 bits per heavy atom. The van der Waals surface area contributed by atoms with Gasteiger partial charge in [0.1, 0.15) is 0 Å². The molecular formula is C16H16BrF2N. The highest BCUT2D eigenvalue weighted by Crippen LogP contribution is 2.28. The molecule has 0 spiro atoms. The lowest BCUT2D eigenvalue weighted by atomic mass is 10.1. The van der Waals surface area contributed by atoms with E-state index in [0.717, 1.165) is 10.0 Å². The standard InChI is InChI=1S/C16H16BrF2N/c1-12(13-6-5-9-15(17)10-13)20-11-16(18,19)14-7-3-2-4-8-14/h2-10,12,20H,11H2,1H3. The van der Waals surface area contributed by atoms with Crippen molar-refractivity contribution < 1.29 is 8.78 Å². The number of halogens is 3. The molecule has 1 atom stereocenters. The van der Waals surface area contributed by atoms with Crippen LogP contribution in [0.2, 0.25) is 0 Å². The summed E-state index contributed by atoms with van der Waals surface area (Å²) in [4.78, 5) is 0. The second kappa shape index (κ2) is 6.46. The summed E-state index contributed by atoms with van der Waals surface area (Å²) in [5.41, 5.74) is 1.01. The first-order valence-electron chi connectivity index (χ1n) is 6.41. The molecule has 4 heteroatoms. The van der Waals surface area contributed by atoms with Crippen LogP contribution in [0.1, 0.15) is 24.1 Å². The summed E-state index contributed by atoms with van der Waals surface area (Å²) < 4.78 is 29.0. The van der Waals surface area contributed by atoms with E-state index in [1.807, 2.05) is 31.2 Å². The summed E-state index contributed by atoms with van der Waals surface area (Å²) in [5, 5.41) is 2.89. The van der Waals surface area contributed by atoms with Crippen LogP contribution >= 0.6 is 15.9 Å². The van der Waals surface area contributed by atoms with Crippen LogP contribution in [-0.2, 0) is 5.92 Å². The topological polar surface area (TPSA) is 12.0 Å². The average molecular weight is 340 g/mol. The summed E-state index contributed by atoms with van der Waals surface area (Å²) in [6.45, 7) is 1.49. The molecule has 2 aromatic rings. The number of benzene rings is 2. The molecule has 0 aliphatic rings. The first-order chi connectivity index (χ1) is 9.49. The Morgan fingerprint density at radius 3 is 2.45 bits per heavy atom. The van der Waals surface area contributed by atoms with Gasteiger partial charge in [-0.2, -0.15) is 8.78 Å². The first kappa shape index (κ1) is 15.1. The summed E-state index contributed by atoms with van der Waals surface area (Å²) in [6.07, 6.45) is 0. The van der Waals surface area contributed by atoms with Gasteiger partial charge in [0.2, 0.25) is 0 Å². The van der Waals surface area contributed by atoms with E-state index in [4.69, 9.17) is 0 Å². The van der Waals surface area contributed by atoms with Gasteiger partial charge in [-0.3, -0.25) is 0 Å². The highest BCUT2D eigenvalue weighted by Gasteiger charge is 2.31. The Labute approximate surface area is 126 Å². The molecule has 1 N–H and O–H groups in total. The molecule has 2 rings (SSSR count). The van der Waals surface area contributed by atoms with Crippen molar-refractivity contribution in [2.24, 2.45) is 0 Å². The van der Waals surface area contributed by atoms with Crippen LogP contribution in [0.5, 0.6) is 0 Å². The molecule has 0 aromatic heterocycles. The van der Waals surface area contributed by atoms with Crippen LogP contribution in [0.3, 0.4) is 0 Å².